The fraction of sp³-hybridized carbons (Fsp3) is 0.143. The molecule has 0 bridgehead atoms. The molecule has 2 amide bonds. The van der Waals surface area contributed by atoms with E-state index in [0.29, 0.717) is 17.0 Å². The van der Waals surface area contributed by atoms with Gasteiger partial charge in [0.15, 0.2) is 12.4 Å². The summed E-state index contributed by atoms with van der Waals surface area (Å²) < 4.78 is 10.5. The summed E-state index contributed by atoms with van der Waals surface area (Å²) in [5.41, 5.74) is 3.25. The first-order chi connectivity index (χ1) is 10.2. The molecule has 0 spiro atoms. The van der Waals surface area contributed by atoms with Crippen LogP contribution in [0.4, 0.5) is 5.69 Å². The van der Waals surface area contributed by atoms with Crippen LogP contribution in [0.2, 0.25) is 0 Å². The Morgan fingerprint density at radius 3 is 2.95 bits per heavy atom. The number of hydrogen-bond acceptors (Lipinski definition) is 5. The van der Waals surface area contributed by atoms with E-state index in [1.54, 1.807) is 23.1 Å². The van der Waals surface area contributed by atoms with E-state index in [4.69, 9.17) is 15.0 Å². The van der Waals surface area contributed by atoms with Crippen molar-refractivity contribution in [3.8, 4) is 5.75 Å². The van der Waals surface area contributed by atoms with Crippen molar-refractivity contribution in [1.82, 2.24) is 5.43 Å². The molecule has 21 heavy (non-hydrogen) atoms. The number of nitrogens with two attached hydrogens (primary N) is 1. The van der Waals surface area contributed by atoms with Crippen molar-refractivity contribution in [3.63, 3.8) is 0 Å². The monoisotopic (exact) mass is 287 g/mol. The number of ether oxygens (including phenoxy) is 1. The van der Waals surface area contributed by atoms with Crippen molar-refractivity contribution in [1.29, 1.82) is 0 Å². The van der Waals surface area contributed by atoms with Crippen molar-refractivity contribution in [2.24, 2.45) is 5.84 Å². The zero-order valence-corrected chi connectivity index (χ0v) is 11.0. The van der Waals surface area contributed by atoms with Crippen LogP contribution < -0.4 is 20.9 Å². The van der Waals surface area contributed by atoms with E-state index in [9.17, 15) is 9.59 Å². The Bertz CT molecular complexity index is 695. The number of amides is 2. The molecule has 1 aliphatic heterocycles. The Morgan fingerprint density at radius 1 is 1.33 bits per heavy atom. The lowest BCUT2D eigenvalue weighted by molar-refractivity contribution is -0.121. The number of furan rings is 1. The average molecular weight is 287 g/mol. The Labute approximate surface area is 120 Å². The summed E-state index contributed by atoms with van der Waals surface area (Å²) in [6.45, 7) is 0.172. The topological polar surface area (TPSA) is 97.8 Å². The van der Waals surface area contributed by atoms with Gasteiger partial charge in [0.25, 0.3) is 5.91 Å². The van der Waals surface area contributed by atoms with Gasteiger partial charge < -0.3 is 14.1 Å². The van der Waals surface area contributed by atoms with Crippen LogP contribution in [0.3, 0.4) is 0 Å². The highest BCUT2D eigenvalue weighted by molar-refractivity contribution is 5.98. The van der Waals surface area contributed by atoms with E-state index in [1.807, 2.05) is 17.6 Å². The first-order valence-corrected chi connectivity index (χ1v) is 6.30. The number of hydrazine groups is 1. The zero-order valence-electron chi connectivity index (χ0n) is 11.0. The highest BCUT2D eigenvalue weighted by Crippen LogP contribution is 2.32. The van der Waals surface area contributed by atoms with Crippen molar-refractivity contribution < 1.29 is 18.7 Å². The fourth-order valence-electron chi connectivity index (χ4n) is 2.22. The molecule has 7 nitrogen and oxygen atoms in total. The van der Waals surface area contributed by atoms with Gasteiger partial charge in [-0.05, 0) is 18.2 Å². The summed E-state index contributed by atoms with van der Waals surface area (Å²) in [5.74, 6) is 5.11. The molecule has 108 valence electrons. The van der Waals surface area contributed by atoms with Crippen LogP contribution in [0.15, 0.2) is 41.0 Å². The van der Waals surface area contributed by atoms with Crippen LogP contribution in [0, 0.1) is 0 Å². The first kappa shape index (κ1) is 13.2. The minimum atomic E-state index is -0.538. The van der Waals surface area contributed by atoms with Gasteiger partial charge in [-0.15, -0.1) is 0 Å². The molecule has 0 aliphatic carbocycles. The quantitative estimate of drug-likeness (QED) is 0.494. The smallest absolute Gasteiger partial charge is 0.301 e. The van der Waals surface area contributed by atoms with Crippen molar-refractivity contribution in [3.05, 3.63) is 47.9 Å². The number of benzene rings is 1. The number of anilines is 1. The summed E-state index contributed by atoms with van der Waals surface area (Å²) in [5, 5.41) is 0. The van der Waals surface area contributed by atoms with Crippen LogP contribution in [0.1, 0.15) is 16.1 Å². The van der Waals surface area contributed by atoms with Crippen molar-refractivity contribution in [2.75, 3.05) is 11.5 Å². The maximum Gasteiger partial charge on any atom is 0.301 e. The number of carbonyl (C=O) groups excluding carboxylic acids is 2. The third-order valence-corrected chi connectivity index (χ3v) is 3.22. The molecule has 0 saturated carbocycles. The summed E-state index contributed by atoms with van der Waals surface area (Å²) in [6.07, 6.45) is 1.39. The molecule has 1 aromatic heterocycles. The maximum atomic E-state index is 12.1. The lowest BCUT2D eigenvalue weighted by atomic mass is 10.1. The van der Waals surface area contributed by atoms with Gasteiger partial charge in [-0.2, -0.15) is 0 Å². The Hall–Kier alpha value is -2.80. The fourth-order valence-corrected chi connectivity index (χ4v) is 2.22. The third-order valence-electron chi connectivity index (χ3n) is 3.22. The van der Waals surface area contributed by atoms with Gasteiger partial charge in [0.05, 0.1) is 18.5 Å². The lowest BCUT2D eigenvalue weighted by Gasteiger charge is -2.29. The van der Waals surface area contributed by atoms with E-state index in [0.717, 1.165) is 0 Å². The van der Waals surface area contributed by atoms with Crippen LogP contribution in [0.25, 0.3) is 0 Å². The van der Waals surface area contributed by atoms with E-state index in [1.165, 1.54) is 6.26 Å². The minimum Gasteiger partial charge on any atom is -0.482 e. The minimum absolute atomic E-state index is 0.0344. The number of nitrogens with one attached hydrogen (secondary N) is 1. The predicted octanol–water partition coefficient (Wildman–Crippen LogP) is 0.809. The lowest BCUT2D eigenvalue weighted by Crippen LogP contribution is -2.39. The van der Waals surface area contributed by atoms with Gasteiger partial charge in [0.2, 0.25) is 0 Å². The second-order valence-electron chi connectivity index (χ2n) is 4.48. The second kappa shape index (κ2) is 5.29. The average Bonchev–Trinajstić information content (AvgIpc) is 2.97. The normalized spacial score (nSPS) is 13.6. The van der Waals surface area contributed by atoms with Gasteiger partial charge in [0.1, 0.15) is 5.75 Å². The summed E-state index contributed by atoms with van der Waals surface area (Å²) in [6, 6.07) is 8.86. The summed E-state index contributed by atoms with van der Waals surface area (Å²) in [7, 11) is 0. The van der Waals surface area contributed by atoms with Crippen molar-refractivity contribution in [2.45, 2.75) is 6.54 Å². The first-order valence-electron chi connectivity index (χ1n) is 6.30. The molecule has 2 aromatic rings. The van der Waals surface area contributed by atoms with Crippen LogP contribution in [-0.4, -0.2) is 18.4 Å². The molecule has 1 aromatic carbocycles. The van der Waals surface area contributed by atoms with Gasteiger partial charge in [-0.1, -0.05) is 12.1 Å². The van der Waals surface area contributed by atoms with Crippen LogP contribution >= 0.6 is 0 Å². The number of nitrogen functional groups attached to an aromatic ring is 1. The van der Waals surface area contributed by atoms with E-state index in [-0.39, 0.29) is 24.8 Å². The van der Waals surface area contributed by atoms with Crippen LogP contribution in [-0.2, 0) is 11.3 Å². The van der Waals surface area contributed by atoms with E-state index < -0.39 is 5.91 Å². The van der Waals surface area contributed by atoms with Gasteiger partial charge in [0, 0.05) is 5.56 Å². The molecule has 7 heteroatoms. The summed E-state index contributed by atoms with van der Waals surface area (Å²) >= 11 is 0. The van der Waals surface area contributed by atoms with Gasteiger partial charge >= 0.3 is 5.91 Å². The third kappa shape index (κ3) is 2.34. The molecule has 3 N–H and O–H groups in total. The molecule has 1 aliphatic rings. The molecule has 0 fully saturated rings. The SMILES string of the molecule is NNC(=O)c1occc1CN1C(=O)COc2ccccc21. The maximum absolute atomic E-state index is 12.1. The summed E-state index contributed by atoms with van der Waals surface area (Å²) in [4.78, 5) is 25.2. The number of nitrogens with zero attached hydrogens (tertiary/aromatic N) is 1. The van der Waals surface area contributed by atoms with Gasteiger partial charge in [-0.25, -0.2) is 5.84 Å². The molecule has 0 atom stereocenters. The Morgan fingerprint density at radius 2 is 2.14 bits per heavy atom. The zero-order chi connectivity index (χ0) is 14.8. The van der Waals surface area contributed by atoms with Crippen LogP contribution in [0.5, 0.6) is 5.75 Å². The number of para-hydroxylation sites is 2. The predicted molar refractivity (Wildman–Crippen MR) is 73.5 cm³/mol. The number of carbonyl (C=O) groups is 2. The van der Waals surface area contributed by atoms with Gasteiger partial charge in [-0.3, -0.25) is 15.0 Å². The van der Waals surface area contributed by atoms with Crippen molar-refractivity contribution >= 4 is 17.5 Å². The molecule has 0 radical (unpaired) electrons. The Balaban J connectivity index is 1.93. The molecular weight excluding hydrogens is 274 g/mol. The molecule has 0 saturated heterocycles. The largest absolute Gasteiger partial charge is 0.482 e. The number of rotatable bonds is 3. The second-order valence-corrected chi connectivity index (χ2v) is 4.48. The molecular formula is C14H13N3O4. The number of fused-ring (bicyclic) bond motifs is 1. The molecule has 2 heterocycles. The Kier molecular flexibility index (Phi) is 3.33. The highest BCUT2D eigenvalue weighted by atomic mass is 16.5. The highest BCUT2D eigenvalue weighted by Gasteiger charge is 2.27. The number of hydrogen-bond donors (Lipinski definition) is 2. The van der Waals surface area contributed by atoms with E-state index >= 15 is 0 Å². The van der Waals surface area contributed by atoms with E-state index in [2.05, 4.69) is 0 Å². The molecule has 3 rings (SSSR count). The molecule has 0 unspecified atom stereocenters. The standard InChI is InChI=1S/C14H13N3O4/c15-16-14(19)13-9(5-6-20-13)7-17-10-3-1-2-4-11(10)21-8-12(17)18/h1-6H,7-8,15H2,(H,16,19).